The van der Waals surface area contributed by atoms with Crippen molar-refractivity contribution in [3.8, 4) is 0 Å². The average molecular weight is 227 g/mol. The highest BCUT2D eigenvalue weighted by Crippen LogP contribution is 2.35. The first kappa shape index (κ1) is 11.2. The highest BCUT2D eigenvalue weighted by molar-refractivity contribution is 5.78. The minimum absolute atomic E-state index is 0.00548. The molecule has 90 valence electrons. The van der Waals surface area contributed by atoms with Gasteiger partial charge in [-0.1, -0.05) is 0 Å². The number of carbonyl (C=O) groups is 2. The van der Waals surface area contributed by atoms with Crippen LogP contribution in [0.1, 0.15) is 25.7 Å². The second kappa shape index (κ2) is 4.29. The SMILES string of the molecule is NCC(=O)NC1CC2CCC(C1)N2C(=O)O. The van der Waals surface area contributed by atoms with Gasteiger partial charge in [-0.05, 0) is 25.7 Å². The summed E-state index contributed by atoms with van der Waals surface area (Å²) in [5.41, 5.74) is 5.23. The van der Waals surface area contributed by atoms with Crippen LogP contribution >= 0.6 is 0 Å². The molecule has 2 fully saturated rings. The minimum atomic E-state index is -0.837. The number of rotatable bonds is 2. The Balaban J connectivity index is 1.97. The van der Waals surface area contributed by atoms with E-state index < -0.39 is 6.09 Å². The molecule has 0 radical (unpaired) electrons. The Morgan fingerprint density at radius 2 is 1.88 bits per heavy atom. The average Bonchev–Trinajstić information content (AvgIpc) is 2.51. The molecule has 0 aromatic rings. The largest absolute Gasteiger partial charge is 0.465 e. The number of amides is 2. The second-order valence-corrected chi connectivity index (χ2v) is 4.51. The molecule has 4 N–H and O–H groups in total. The fourth-order valence-corrected chi connectivity index (χ4v) is 2.89. The molecule has 0 aliphatic carbocycles. The molecule has 2 aliphatic heterocycles. The Hall–Kier alpha value is -1.30. The predicted octanol–water partition coefficient (Wildman–Crippen LogP) is -0.265. The summed E-state index contributed by atoms with van der Waals surface area (Å²) in [5, 5.41) is 11.9. The Morgan fingerprint density at radius 3 is 2.31 bits per heavy atom. The van der Waals surface area contributed by atoms with Gasteiger partial charge in [-0.25, -0.2) is 4.79 Å². The minimum Gasteiger partial charge on any atom is -0.465 e. The zero-order valence-electron chi connectivity index (χ0n) is 9.06. The van der Waals surface area contributed by atoms with E-state index in [2.05, 4.69) is 5.32 Å². The summed E-state index contributed by atoms with van der Waals surface area (Å²) in [7, 11) is 0. The molecule has 2 atom stereocenters. The lowest BCUT2D eigenvalue weighted by Crippen LogP contribution is -2.52. The Labute approximate surface area is 93.8 Å². The molecule has 0 spiro atoms. The number of fused-ring (bicyclic) bond motifs is 2. The van der Waals surface area contributed by atoms with Gasteiger partial charge in [0.1, 0.15) is 0 Å². The third kappa shape index (κ3) is 1.97. The maximum Gasteiger partial charge on any atom is 0.407 e. The highest BCUT2D eigenvalue weighted by atomic mass is 16.4. The van der Waals surface area contributed by atoms with Crippen LogP contribution in [-0.4, -0.2) is 46.7 Å². The number of carbonyl (C=O) groups excluding carboxylic acids is 1. The van der Waals surface area contributed by atoms with Gasteiger partial charge >= 0.3 is 6.09 Å². The van der Waals surface area contributed by atoms with Gasteiger partial charge in [0.05, 0.1) is 6.54 Å². The number of nitrogens with one attached hydrogen (secondary N) is 1. The monoisotopic (exact) mass is 227 g/mol. The van der Waals surface area contributed by atoms with E-state index in [1.165, 1.54) is 0 Å². The molecule has 0 aromatic carbocycles. The first-order valence-corrected chi connectivity index (χ1v) is 5.62. The van der Waals surface area contributed by atoms with Gasteiger partial charge in [0, 0.05) is 18.1 Å². The van der Waals surface area contributed by atoms with Crippen LogP contribution < -0.4 is 11.1 Å². The van der Waals surface area contributed by atoms with Crippen LogP contribution in [0.4, 0.5) is 4.79 Å². The van der Waals surface area contributed by atoms with E-state index >= 15 is 0 Å². The van der Waals surface area contributed by atoms with Crippen LogP contribution in [0.2, 0.25) is 0 Å². The van der Waals surface area contributed by atoms with E-state index in [1.54, 1.807) is 4.90 Å². The van der Waals surface area contributed by atoms with Gasteiger partial charge < -0.3 is 21.1 Å². The van der Waals surface area contributed by atoms with E-state index in [0.717, 1.165) is 12.8 Å². The summed E-state index contributed by atoms with van der Waals surface area (Å²) in [5.74, 6) is -0.159. The van der Waals surface area contributed by atoms with Crippen molar-refractivity contribution < 1.29 is 14.7 Å². The van der Waals surface area contributed by atoms with Gasteiger partial charge in [0.2, 0.25) is 5.91 Å². The summed E-state index contributed by atoms with van der Waals surface area (Å²) in [6.07, 6.45) is 2.41. The van der Waals surface area contributed by atoms with Crippen molar-refractivity contribution in [1.29, 1.82) is 0 Å². The molecular formula is C10H17N3O3. The van der Waals surface area contributed by atoms with Crippen molar-refractivity contribution in [2.75, 3.05) is 6.54 Å². The number of hydrogen-bond acceptors (Lipinski definition) is 3. The number of hydrogen-bond donors (Lipinski definition) is 3. The third-order valence-corrected chi connectivity index (χ3v) is 3.50. The molecular weight excluding hydrogens is 210 g/mol. The molecule has 2 bridgehead atoms. The van der Waals surface area contributed by atoms with Gasteiger partial charge in [-0.15, -0.1) is 0 Å². The van der Waals surface area contributed by atoms with Crippen LogP contribution in [0.5, 0.6) is 0 Å². The third-order valence-electron chi connectivity index (χ3n) is 3.50. The summed E-state index contributed by atoms with van der Waals surface area (Å²) in [4.78, 5) is 23.7. The number of nitrogens with zero attached hydrogens (tertiary/aromatic N) is 1. The Morgan fingerprint density at radius 1 is 1.31 bits per heavy atom. The quantitative estimate of drug-likeness (QED) is 0.605. The zero-order valence-corrected chi connectivity index (χ0v) is 9.06. The van der Waals surface area contributed by atoms with E-state index in [0.29, 0.717) is 12.8 Å². The lowest BCUT2D eigenvalue weighted by molar-refractivity contribution is -0.120. The van der Waals surface area contributed by atoms with Crippen molar-refractivity contribution in [3.05, 3.63) is 0 Å². The molecule has 2 rings (SSSR count). The number of carboxylic acid groups (broad SMARTS) is 1. The fraction of sp³-hybridized carbons (Fsp3) is 0.800. The molecule has 2 amide bonds. The summed E-state index contributed by atoms with van der Waals surface area (Å²) in [6.45, 7) is -0.00548. The molecule has 2 saturated heterocycles. The van der Waals surface area contributed by atoms with Crippen molar-refractivity contribution in [2.24, 2.45) is 5.73 Å². The highest BCUT2D eigenvalue weighted by Gasteiger charge is 2.43. The fourth-order valence-electron chi connectivity index (χ4n) is 2.89. The molecule has 2 unspecified atom stereocenters. The molecule has 2 aliphatic rings. The summed E-state index contributed by atoms with van der Waals surface area (Å²) in [6, 6.07) is 0.225. The summed E-state index contributed by atoms with van der Waals surface area (Å²) < 4.78 is 0. The predicted molar refractivity (Wildman–Crippen MR) is 56.9 cm³/mol. The van der Waals surface area contributed by atoms with Crippen molar-refractivity contribution in [2.45, 2.75) is 43.8 Å². The van der Waals surface area contributed by atoms with Crippen molar-refractivity contribution in [1.82, 2.24) is 10.2 Å². The molecule has 0 aromatic heterocycles. The van der Waals surface area contributed by atoms with Gasteiger partial charge in [0.15, 0.2) is 0 Å². The number of nitrogens with two attached hydrogens (primary N) is 1. The molecule has 0 saturated carbocycles. The normalized spacial score (nSPS) is 32.6. The maximum absolute atomic E-state index is 11.2. The summed E-state index contributed by atoms with van der Waals surface area (Å²) >= 11 is 0. The van der Waals surface area contributed by atoms with E-state index in [4.69, 9.17) is 10.8 Å². The van der Waals surface area contributed by atoms with Gasteiger partial charge in [-0.2, -0.15) is 0 Å². The van der Waals surface area contributed by atoms with Gasteiger partial charge in [0.25, 0.3) is 0 Å². The van der Waals surface area contributed by atoms with Crippen LogP contribution in [0.3, 0.4) is 0 Å². The van der Waals surface area contributed by atoms with Crippen molar-refractivity contribution >= 4 is 12.0 Å². The maximum atomic E-state index is 11.2. The topological polar surface area (TPSA) is 95.7 Å². The standard InChI is InChI=1S/C10H17N3O3/c11-5-9(14)12-6-3-7-1-2-8(4-6)13(7)10(15)16/h6-8H,1-5,11H2,(H,12,14)(H,15,16). The molecule has 2 heterocycles. The first-order valence-electron chi connectivity index (χ1n) is 5.62. The van der Waals surface area contributed by atoms with Gasteiger partial charge in [-0.3, -0.25) is 4.79 Å². The second-order valence-electron chi connectivity index (χ2n) is 4.51. The zero-order chi connectivity index (χ0) is 11.7. The van der Waals surface area contributed by atoms with Crippen LogP contribution in [0.25, 0.3) is 0 Å². The molecule has 16 heavy (non-hydrogen) atoms. The van der Waals surface area contributed by atoms with Crippen molar-refractivity contribution in [3.63, 3.8) is 0 Å². The number of piperidine rings is 1. The first-order chi connectivity index (χ1) is 7.61. The molecule has 6 nitrogen and oxygen atoms in total. The van der Waals surface area contributed by atoms with E-state index in [1.807, 2.05) is 0 Å². The van der Waals surface area contributed by atoms with Crippen LogP contribution in [0.15, 0.2) is 0 Å². The lowest BCUT2D eigenvalue weighted by atomic mass is 9.98. The van der Waals surface area contributed by atoms with Crippen LogP contribution in [0, 0.1) is 0 Å². The van der Waals surface area contributed by atoms with E-state index in [-0.39, 0.29) is 30.6 Å². The Kier molecular flexibility index (Phi) is 3.00. The van der Waals surface area contributed by atoms with Crippen LogP contribution in [-0.2, 0) is 4.79 Å². The lowest BCUT2D eigenvalue weighted by Gasteiger charge is -2.37. The van der Waals surface area contributed by atoms with E-state index in [9.17, 15) is 9.59 Å². The Bertz CT molecular complexity index is 294. The smallest absolute Gasteiger partial charge is 0.407 e. The molecule has 6 heteroatoms.